The summed E-state index contributed by atoms with van der Waals surface area (Å²) < 4.78 is 29.0. The molecular formula is C13H20N2O3S. The van der Waals surface area contributed by atoms with Gasteiger partial charge in [0.15, 0.2) is 0 Å². The number of primary sulfonamides is 1. The van der Waals surface area contributed by atoms with Gasteiger partial charge in [-0.05, 0) is 25.0 Å². The van der Waals surface area contributed by atoms with Crippen molar-refractivity contribution in [3.63, 3.8) is 0 Å². The predicted molar refractivity (Wildman–Crippen MR) is 74.7 cm³/mol. The van der Waals surface area contributed by atoms with Gasteiger partial charge in [0.05, 0.1) is 11.8 Å². The number of hydrogen-bond donors (Lipinski definition) is 1. The molecular weight excluding hydrogens is 264 g/mol. The van der Waals surface area contributed by atoms with E-state index in [1.54, 1.807) is 18.2 Å². The van der Waals surface area contributed by atoms with E-state index in [0.717, 1.165) is 19.4 Å². The third kappa shape index (κ3) is 3.46. The van der Waals surface area contributed by atoms with Crippen LogP contribution in [0.1, 0.15) is 19.8 Å². The summed E-state index contributed by atoms with van der Waals surface area (Å²) in [4.78, 5) is 2.24. The molecule has 0 radical (unpaired) electrons. The standard InChI is InChI=1S/C13H20N2O3S/c1-2-11-10-15(8-5-9-18-11)12-6-3-4-7-13(12)19(14,16)17/h3-4,6-7,11H,2,5,8-10H2,1H3,(H2,14,16,17). The second kappa shape index (κ2) is 5.90. The zero-order valence-corrected chi connectivity index (χ0v) is 11.9. The van der Waals surface area contributed by atoms with Crippen LogP contribution in [-0.4, -0.2) is 34.2 Å². The second-order valence-corrected chi connectivity index (χ2v) is 6.24. The molecule has 6 heteroatoms. The molecule has 2 N–H and O–H groups in total. The van der Waals surface area contributed by atoms with Gasteiger partial charge in [-0.3, -0.25) is 0 Å². The summed E-state index contributed by atoms with van der Waals surface area (Å²) in [6.07, 6.45) is 1.93. The van der Waals surface area contributed by atoms with Crippen LogP contribution in [0.3, 0.4) is 0 Å². The van der Waals surface area contributed by atoms with E-state index < -0.39 is 10.0 Å². The summed E-state index contributed by atoms with van der Waals surface area (Å²) in [6.45, 7) is 4.26. The quantitative estimate of drug-likeness (QED) is 0.909. The van der Waals surface area contributed by atoms with E-state index in [9.17, 15) is 8.42 Å². The molecule has 0 aliphatic carbocycles. The lowest BCUT2D eigenvalue weighted by Crippen LogP contribution is -2.32. The molecule has 1 aromatic rings. The second-order valence-electron chi connectivity index (χ2n) is 4.71. The smallest absolute Gasteiger partial charge is 0.240 e. The number of hydrogen-bond acceptors (Lipinski definition) is 4. The van der Waals surface area contributed by atoms with Crippen LogP contribution in [0.2, 0.25) is 0 Å². The Balaban J connectivity index is 2.35. The van der Waals surface area contributed by atoms with Crippen LogP contribution < -0.4 is 10.0 Å². The van der Waals surface area contributed by atoms with Gasteiger partial charge in [0, 0.05) is 19.7 Å². The van der Waals surface area contributed by atoms with E-state index in [2.05, 4.69) is 11.8 Å². The summed E-state index contributed by atoms with van der Waals surface area (Å²) >= 11 is 0. The van der Waals surface area contributed by atoms with Crippen LogP contribution in [0, 0.1) is 0 Å². The Morgan fingerprint density at radius 3 is 2.84 bits per heavy atom. The largest absolute Gasteiger partial charge is 0.376 e. The highest BCUT2D eigenvalue weighted by Crippen LogP contribution is 2.26. The Morgan fingerprint density at radius 1 is 1.42 bits per heavy atom. The van der Waals surface area contributed by atoms with Gasteiger partial charge in [-0.2, -0.15) is 0 Å². The lowest BCUT2D eigenvalue weighted by atomic mass is 10.2. The van der Waals surface area contributed by atoms with Crippen molar-refractivity contribution in [2.45, 2.75) is 30.8 Å². The minimum atomic E-state index is -3.70. The minimum Gasteiger partial charge on any atom is -0.376 e. The monoisotopic (exact) mass is 284 g/mol. The number of nitrogens with zero attached hydrogens (tertiary/aromatic N) is 1. The molecule has 0 spiro atoms. The number of sulfonamides is 1. The van der Waals surface area contributed by atoms with Gasteiger partial charge in [-0.15, -0.1) is 0 Å². The van der Waals surface area contributed by atoms with Gasteiger partial charge >= 0.3 is 0 Å². The molecule has 1 aliphatic rings. The molecule has 1 fully saturated rings. The van der Waals surface area contributed by atoms with Gasteiger partial charge in [0.25, 0.3) is 0 Å². The van der Waals surface area contributed by atoms with E-state index in [4.69, 9.17) is 9.88 Å². The van der Waals surface area contributed by atoms with Crippen molar-refractivity contribution in [3.05, 3.63) is 24.3 Å². The third-order valence-corrected chi connectivity index (χ3v) is 4.28. The fraction of sp³-hybridized carbons (Fsp3) is 0.538. The van der Waals surface area contributed by atoms with Crippen molar-refractivity contribution in [2.24, 2.45) is 5.14 Å². The molecule has 106 valence electrons. The van der Waals surface area contributed by atoms with Crippen molar-refractivity contribution in [1.82, 2.24) is 0 Å². The van der Waals surface area contributed by atoms with E-state index in [0.29, 0.717) is 18.8 Å². The molecule has 0 saturated carbocycles. The van der Waals surface area contributed by atoms with Crippen molar-refractivity contribution >= 4 is 15.7 Å². The fourth-order valence-corrected chi connectivity index (χ4v) is 3.08. The molecule has 5 nitrogen and oxygen atoms in total. The first kappa shape index (κ1) is 14.3. The van der Waals surface area contributed by atoms with Gasteiger partial charge in [0.2, 0.25) is 10.0 Å². The van der Waals surface area contributed by atoms with Gasteiger partial charge in [-0.1, -0.05) is 19.1 Å². The topological polar surface area (TPSA) is 72.6 Å². The van der Waals surface area contributed by atoms with Crippen LogP contribution >= 0.6 is 0 Å². The van der Waals surface area contributed by atoms with E-state index in [-0.39, 0.29) is 11.0 Å². The average molecular weight is 284 g/mol. The van der Waals surface area contributed by atoms with Gasteiger partial charge < -0.3 is 9.64 Å². The number of para-hydroxylation sites is 1. The first-order chi connectivity index (χ1) is 9.02. The van der Waals surface area contributed by atoms with Crippen molar-refractivity contribution < 1.29 is 13.2 Å². The maximum atomic E-state index is 11.7. The highest BCUT2D eigenvalue weighted by atomic mass is 32.2. The van der Waals surface area contributed by atoms with Crippen LogP contribution in [0.25, 0.3) is 0 Å². The summed E-state index contributed by atoms with van der Waals surface area (Å²) in [5.74, 6) is 0. The zero-order chi connectivity index (χ0) is 13.9. The van der Waals surface area contributed by atoms with Crippen molar-refractivity contribution in [2.75, 3.05) is 24.6 Å². The Labute approximate surface area is 114 Å². The predicted octanol–water partition coefficient (Wildman–Crippen LogP) is 1.34. The number of anilines is 1. The normalized spacial score (nSPS) is 21.2. The average Bonchev–Trinajstić information content (AvgIpc) is 2.63. The van der Waals surface area contributed by atoms with Crippen LogP contribution in [0.4, 0.5) is 5.69 Å². The molecule has 0 bridgehead atoms. The highest BCUT2D eigenvalue weighted by molar-refractivity contribution is 7.89. The minimum absolute atomic E-state index is 0.135. The molecule has 0 amide bonds. The molecule has 1 heterocycles. The Morgan fingerprint density at radius 2 is 2.16 bits per heavy atom. The van der Waals surface area contributed by atoms with Gasteiger partial charge in [0.1, 0.15) is 4.90 Å². The van der Waals surface area contributed by atoms with E-state index in [1.807, 2.05) is 6.07 Å². The molecule has 19 heavy (non-hydrogen) atoms. The number of rotatable bonds is 3. The van der Waals surface area contributed by atoms with E-state index >= 15 is 0 Å². The molecule has 2 rings (SSSR count). The van der Waals surface area contributed by atoms with E-state index in [1.165, 1.54) is 0 Å². The molecule has 1 aromatic carbocycles. The van der Waals surface area contributed by atoms with Crippen LogP contribution in [0.5, 0.6) is 0 Å². The number of ether oxygens (including phenoxy) is 1. The lowest BCUT2D eigenvalue weighted by molar-refractivity contribution is 0.0664. The molecule has 0 aromatic heterocycles. The van der Waals surface area contributed by atoms with Crippen LogP contribution in [-0.2, 0) is 14.8 Å². The molecule has 1 unspecified atom stereocenters. The van der Waals surface area contributed by atoms with Crippen molar-refractivity contribution in [3.8, 4) is 0 Å². The Bertz CT molecular complexity index is 530. The Kier molecular flexibility index (Phi) is 4.44. The maximum absolute atomic E-state index is 11.7. The first-order valence-corrected chi connectivity index (χ1v) is 8.05. The van der Waals surface area contributed by atoms with Gasteiger partial charge in [-0.25, -0.2) is 13.6 Å². The summed E-state index contributed by atoms with van der Waals surface area (Å²) in [5, 5.41) is 5.28. The fourth-order valence-electron chi connectivity index (χ4n) is 2.32. The highest BCUT2D eigenvalue weighted by Gasteiger charge is 2.22. The first-order valence-electron chi connectivity index (χ1n) is 6.50. The lowest BCUT2D eigenvalue weighted by Gasteiger charge is -2.26. The summed E-state index contributed by atoms with van der Waals surface area (Å²) in [7, 11) is -3.70. The number of benzene rings is 1. The Hall–Kier alpha value is -1.11. The third-order valence-electron chi connectivity index (χ3n) is 3.32. The zero-order valence-electron chi connectivity index (χ0n) is 11.1. The maximum Gasteiger partial charge on any atom is 0.240 e. The molecule has 1 aliphatic heterocycles. The summed E-state index contributed by atoms with van der Waals surface area (Å²) in [6, 6.07) is 6.88. The number of nitrogens with two attached hydrogens (primary N) is 1. The molecule has 1 atom stereocenters. The SMILES string of the molecule is CCC1CN(c2ccccc2S(N)(=O)=O)CCCO1. The van der Waals surface area contributed by atoms with Crippen molar-refractivity contribution in [1.29, 1.82) is 0 Å². The van der Waals surface area contributed by atoms with Crippen LogP contribution in [0.15, 0.2) is 29.2 Å². The summed E-state index contributed by atoms with van der Waals surface area (Å²) in [5.41, 5.74) is 0.675. The molecule has 1 saturated heterocycles.